The Morgan fingerprint density at radius 1 is 1.21 bits per heavy atom. The molecular formula is C19H21N3O6. The van der Waals surface area contributed by atoms with Crippen LogP contribution in [0.5, 0.6) is 11.5 Å². The zero-order valence-corrected chi connectivity index (χ0v) is 15.6. The quantitative estimate of drug-likeness (QED) is 0.672. The van der Waals surface area contributed by atoms with E-state index >= 15 is 0 Å². The van der Waals surface area contributed by atoms with E-state index in [0.29, 0.717) is 22.9 Å². The molecule has 1 unspecified atom stereocenters. The van der Waals surface area contributed by atoms with Crippen molar-refractivity contribution < 1.29 is 28.3 Å². The third-order valence-electron chi connectivity index (χ3n) is 4.30. The van der Waals surface area contributed by atoms with E-state index in [1.54, 1.807) is 30.3 Å². The maximum absolute atomic E-state index is 12.4. The molecule has 4 amide bonds. The summed E-state index contributed by atoms with van der Waals surface area (Å²) in [5.41, 5.74) is 0.516. The summed E-state index contributed by atoms with van der Waals surface area (Å²) in [6.45, 7) is 0.0595. The monoisotopic (exact) mass is 387 g/mol. The number of carbonyl (C=O) groups excluding carboxylic acids is 3. The van der Waals surface area contributed by atoms with E-state index in [1.165, 1.54) is 20.5 Å². The number of carbonyl (C=O) groups is 3. The summed E-state index contributed by atoms with van der Waals surface area (Å²) in [6.07, 6.45) is 1.72. The molecule has 1 aromatic carbocycles. The molecule has 0 bridgehead atoms. The van der Waals surface area contributed by atoms with Gasteiger partial charge in [0.05, 0.1) is 27.0 Å². The van der Waals surface area contributed by atoms with Gasteiger partial charge < -0.3 is 24.5 Å². The number of nitrogens with one attached hydrogen (secondary N) is 2. The molecule has 148 valence electrons. The number of urea groups is 1. The molecule has 1 aromatic heterocycles. The average molecular weight is 387 g/mol. The molecule has 1 aliphatic heterocycles. The Bertz CT molecular complexity index is 842. The van der Waals surface area contributed by atoms with Gasteiger partial charge in [-0.3, -0.25) is 14.5 Å². The van der Waals surface area contributed by atoms with Crippen LogP contribution in [0, 0.1) is 0 Å². The summed E-state index contributed by atoms with van der Waals surface area (Å²) in [4.78, 5) is 37.8. The number of nitrogens with zero attached hydrogens (tertiary/aromatic N) is 1. The highest BCUT2D eigenvalue weighted by atomic mass is 16.5. The van der Waals surface area contributed by atoms with Gasteiger partial charge in [-0.05, 0) is 18.6 Å². The summed E-state index contributed by atoms with van der Waals surface area (Å²) < 4.78 is 15.5. The van der Waals surface area contributed by atoms with Crippen LogP contribution in [-0.4, -0.2) is 43.0 Å². The van der Waals surface area contributed by atoms with E-state index < -0.39 is 12.1 Å². The van der Waals surface area contributed by atoms with E-state index in [1.807, 2.05) is 0 Å². The molecule has 2 N–H and O–H groups in total. The van der Waals surface area contributed by atoms with Crippen molar-refractivity contribution in [2.75, 3.05) is 19.5 Å². The van der Waals surface area contributed by atoms with Crippen LogP contribution in [0.3, 0.4) is 0 Å². The molecule has 9 heteroatoms. The van der Waals surface area contributed by atoms with Gasteiger partial charge in [-0.1, -0.05) is 0 Å². The third-order valence-corrected chi connectivity index (χ3v) is 4.30. The summed E-state index contributed by atoms with van der Waals surface area (Å²) in [6, 6.07) is 7.14. The van der Waals surface area contributed by atoms with E-state index in [0.717, 1.165) is 4.90 Å². The van der Waals surface area contributed by atoms with Gasteiger partial charge in [0.15, 0.2) is 0 Å². The molecule has 2 aromatic rings. The number of hydrogen-bond acceptors (Lipinski definition) is 6. The second-order valence-corrected chi connectivity index (χ2v) is 6.19. The third kappa shape index (κ3) is 4.43. The zero-order valence-electron chi connectivity index (χ0n) is 15.6. The first kappa shape index (κ1) is 19.3. The maximum atomic E-state index is 12.4. The van der Waals surface area contributed by atoms with Crippen molar-refractivity contribution in [3.8, 4) is 11.5 Å². The molecule has 3 rings (SSSR count). The van der Waals surface area contributed by atoms with Gasteiger partial charge in [0.2, 0.25) is 5.91 Å². The molecular weight excluding hydrogens is 366 g/mol. The number of anilines is 1. The minimum absolute atomic E-state index is 0.0595. The molecule has 0 aliphatic carbocycles. The molecule has 1 aliphatic rings. The lowest BCUT2D eigenvalue weighted by molar-refractivity contribution is -0.128. The standard InChI is InChI=1S/C19H21N3O6/c1-26-14-8-12(9-15(10-14)27-2)20-17(23)6-5-16-18(24)22(19(25)21-16)11-13-4-3-7-28-13/h3-4,7-10,16H,5-6,11H2,1-2H3,(H,20,23)(H,21,25). The Labute approximate surface area is 161 Å². The molecule has 2 heterocycles. The van der Waals surface area contributed by atoms with Crippen LogP contribution in [0.15, 0.2) is 41.0 Å². The summed E-state index contributed by atoms with van der Waals surface area (Å²) >= 11 is 0. The molecule has 0 radical (unpaired) electrons. The largest absolute Gasteiger partial charge is 0.497 e. The highest BCUT2D eigenvalue weighted by molar-refractivity contribution is 6.04. The molecule has 1 fully saturated rings. The first-order valence-corrected chi connectivity index (χ1v) is 8.67. The van der Waals surface area contributed by atoms with E-state index in [9.17, 15) is 14.4 Å². The van der Waals surface area contributed by atoms with Crippen LogP contribution in [0.25, 0.3) is 0 Å². The minimum atomic E-state index is -0.743. The second-order valence-electron chi connectivity index (χ2n) is 6.19. The van der Waals surface area contributed by atoms with Crippen LogP contribution in [0.4, 0.5) is 10.5 Å². The van der Waals surface area contributed by atoms with Gasteiger partial charge in [0.25, 0.3) is 5.91 Å². The number of hydrogen-bond donors (Lipinski definition) is 2. The van der Waals surface area contributed by atoms with Crippen LogP contribution in [0.2, 0.25) is 0 Å². The normalized spacial score (nSPS) is 16.1. The molecule has 28 heavy (non-hydrogen) atoms. The first-order valence-electron chi connectivity index (χ1n) is 8.67. The van der Waals surface area contributed by atoms with Crippen LogP contribution >= 0.6 is 0 Å². The van der Waals surface area contributed by atoms with Crippen LogP contribution in [-0.2, 0) is 16.1 Å². The van der Waals surface area contributed by atoms with Crippen molar-refractivity contribution in [2.45, 2.75) is 25.4 Å². The number of ether oxygens (including phenoxy) is 2. The fourth-order valence-corrected chi connectivity index (χ4v) is 2.86. The Balaban J connectivity index is 1.55. The first-order chi connectivity index (χ1) is 13.5. The van der Waals surface area contributed by atoms with Crippen LogP contribution in [0.1, 0.15) is 18.6 Å². The van der Waals surface area contributed by atoms with Crippen molar-refractivity contribution in [3.05, 3.63) is 42.4 Å². The Hall–Kier alpha value is -3.49. The summed E-state index contributed by atoms with van der Waals surface area (Å²) in [5.74, 6) is 0.927. The fraction of sp³-hybridized carbons (Fsp3) is 0.316. The van der Waals surface area contributed by atoms with Crippen molar-refractivity contribution >= 4 is 23.5 Å². The highest BCUT2D eigenvalue weighted by Gasteiger charge is 2.38. The van der Waals surface area contributed by atoms with Gasteiger partial charge in [-0.2, -0.15) is 0 Å². The van der Waals surface area contributed by atoms with E-state index in [2.05, 4.69) is 10.6 Å². The zero-order chi connectivity index (χ0) is 20.1. The minimum Gasteiger partial charge on any atom is -0.497 e. The fourth-order valence-electron chi connectivity index (χ4n) is 2.86. The van der Waals surface area contributed by atoms with Crippen molar-refractivity contribution in [3.63, 3.8) is 0 Å². The lowest BCUT2D eigenvalue weighted by Crippen LogP contribution is -2.31. The van der Waals surface area contributed by atoms with Gasteiger partial charge in [-0.25, -0.2) is 4.79 Å². The predicted octanol–water partition coefficient (Wildman–Crippen LogP) is 2.14. The van der Waals surface area contributed by atoms with E-state index in [-0.39, 0.29) is 31.2 Å². The molecule has 0 saturated carbocycles. The number of furan rings is 1. The Morgan fingerprint density at radius 2 is 1.93 bits per heavy atom. The molecule has 1 atom stereocenters. The van der Waals surface area contributed by atoms with Crippen molar-refractivity contribution in [1.29, 1.82) is 0 Å². The van der Waals surface area contributed by atoms with Crippen molar-refractivity contribution in [2.24, 2.45) is 0 Å². The second kappa shape index (κ2) is 8.47. The van der Waals surface area contributed by atoms with Gasteiger partial charge >= 0.3 is 6.03 Å². The lowest BCUT2D eigenvalue weighted by atomic mass is 10.1. The highest BCUT2D eigenvalue weighted by Crippen LogP contribution is 2.26. The van der Waals surface area contributed by atoms with Crippen molar-refractivity contribution in [1.82, 2.24) is 10.2 Å². The Kier molecular flexibility index (Phi) is 5.83. The average Bonchev–Trinajstić information content (AvgIpc) is 3.29. The van der Waals surface area contributed by atoms with Gasteiger partial charge in [-0.15, -0.1) is 0 Å². The lowest BCUT2D eigenvalue weighted by Gasteiger charge is -2.12. The smallest absolute Gasteiger partial charge is 0.325 e. The Morgan fingerprint density at radius 3 is 2.54 bits per heavy atom. The van der Waals surface area contributed by atoms with Gasteiger partial charge in [0.1, 0.15) is 23.3 Å². The maximum Gasteiger partial charge on any atom is 0.325 e. The SMILES string of the molecule is COc1cc(NC(=O)CCC2NC(=O)N(Cc3ccco3)C2=O)cc(OC)c1. The summed E-state index contributed by atoms with van der Waals surface area (Å²) in [7, 11) is 3.03. The summed E-state index contributed by atoms with van der Waals surface area (Å²) in [5, 5.41) is 5.34. The van der Waals surface area contributed by atoms with E-state index in [4.69, 9.17) is 13.9 Å². The predicted molar refractivity (Wildman–Crippen MR) is 99.0 cm³/mol. The number of methoxy groups -OCH3 is 2. The molecule has 9 nitrogen and oxygen atoms in total. The number of amides is 4. The number of rotatable bonds is 8. The van der Waals surface area contributed by atoms with Gasteiger partial charge in [0, 0.05) is 30.3 Å². The van der Waals surface area contributed by atoms with Crippen LogP contribution < -0.4 is 20.1 Å². The topological polar surface area (TPSA) is 110 Å². The number of benzene rings is 1. The molecule has 0 spiro atoms. The number of imide groups is 1. The molecule has 1 saturated heterocycles.